The minimum Gasteiger partial charge on any atom is -0.490 e. The average molecular weight is 598 g/mol. The molecule has 0 saturated carbocycles. The van der Waals surface area contributed by atoms with E-state index in [9.17, 15) is 22.8 Å². The quantitative estimate of drug-likeness (QED) is 0.199. The Kier molecular flexibility index (Phi) is 10.7. The number of halogens is 3. The third kappa shape index (κ3) is 7.55. The lowest BCUT2D eigenvalue weighted by Crippen LogP contribution is -2.46. The number of alkyl halides is 3. The van der Waals surface area contributed by atoms with Crippen molar-refractivity contribution < 1.29 is 41.7 Å². The second kappa shape index (κ2) is 14.1. The number of esters is 1. The van der Waals surface area contributed by atoms with Gasteiger partial charge in [0.2, 0.25) is 5.91 Å². The van der Waals surface area contributed by atoms with Crippen molar-refractivity contribution >= 4 is 11.9 Å². The van der Waals surface area contributed by atoms with Gasteiger partial charge in [-0.15, -0.1) is 6.58 Å². The SMILES string of the molecule is C=CCCCCC[C@H](C)C(=O)N1C[C@@]2(CCc3c(OCCN4CCOCC4)cnc(C(F)(F)F)c3O2)C[C@H]1C(=O)OC. The molecule has 1 amide bonds. The fourth-order valence-corrected chi connectivity index (χ4v) is 6.02. The van der Waals surface area contributed by atoms with Gasteiger partial charge in [-0.25, -0.2) is 9.78 Å². The first kappa shape index (κ1) is 32.1. The summed E-state index contributed by atoms with van der Waals surface area (Å²) in [5, 5.41) is 0. The Bertz CT molecular complexity index is 1110. The first-order valence-corrected chi connectivity index (χ1v) is 14.8. The predicted molar refractivity (Wildman–Crippen MR) is 148 cm³/mol. The number of methoxy groups -OCH3 is 1. The normalized spacial score (nSPS) is 23.3. The number of morpholine rings is 1. The van der Waals surface area contributed by atoms with Crippen molar-refractivity contribution in [1.29, 1.82) is 0 Å². The van der Waals surface area contributed by atoms with E-state index in [4.69, 9.17) is 18.9 Å². The van der Waals surface area contributed by atoms with Crippen LogP contribution >= 0.6 is 0 Å². The standard InChI is InChI=1S/C30H42F3N3O6/c1-4-5-6-7-8-9-21(2)27(37)36-20-29(18-23(36)28(38)39-3)11-10-22-24(41-17-14-35-12-15-40-16-13-35)19-34-26(25(22)42-29)30(31,32)33/h4,19,21,23H,1,5-18,20H2,2-3H3/t21-,23-,29+/m0/s1. The van der Waals surface area contributed by atoms with Gasteiger partial charge in [0.05, 0.1) is 33.1 Å². The van der Waals surface area contributed by atoms with Crippen molar-refractivity contribution in [3.63, 3.8) is 0 Å². The molecule has 1 spiro atoms. The van der Waals surface area contributed by atoms with Gasteiger partial charge in [0.15, 0.2) is 11.4 Å². The molecule has 9 nitrogen and oxygen atoms in total. The largest absolute Gasteiger partial charge is 0.490 e. The molecule has 3 aliphatic heterocycles. The molecule has 0 bridgehead atoms. The molecule has 42 heavy (non-hydrogen) atoms. The van der Waals surface area contributed by atoms with Crippen LogP contribution in [0.1, 0.15) is 63.1 Å². The lowest BCUT2D eigenvalue weighted by atomic mass is 9.88. The fourth-order valence-electron chi connectivity index (χ4n) is 6.02. The molecule has 4 heterocycles. The predicted octanol–water partition coefficient (Wildman–Crippen LogP) is 4.42. The zero-order chi connectivity index (χ0) is 30.3. The summed E-state index contributed by atoms with van der Waals surface area (Å²) in [5.41, 5.74) is -2.01. The Labute approximate surface area is 245 Å². The number of rotatable bonds is 12. The van der Waals surface area contributed by atoms with Crippen LogP contribution in [0.15, 0.2) is 18.9 Å². The van der Waals surface area contributed by atoms with E-state index >= 15 is 0 Å². The van der Waals surface area contributed by atoms with E-state index in [2.05, 4.69) is 16.5 Å². The van der Waals surface area contributed by atoms with E-state index in [1.54, 1.807) is 0 Å². The van der Waals surface area contributed by atoms with E-state index < -0.39 is 29.5 Å². The molecule has 0 unspecified atom stereocenters. The number of unbranched alkanes of at least 4 members (excludes halogenated alkanes) is 3. The van der Waals surface area contributed by atoms with Gasteiger partial charge in [-0.3, -0.25) is 9.69 Å². The van der Waals surface area contributed by atoms with E-state index in [0.29, 0.717) is 38.2 Å². The maximum absolute atomic E-state index is 14.1. The summed E-state index contributed by atoms with van der Waals surface area (Å²) < 4.78 is 64.7. The molecular formula is C30H42F3N3O6. The minimum absolute atomic E-state index is 0.00867. The minimum atomic E-state index is -4.76. The molecule has 0 radical (unpaired) electrons. The molecule has 0 aromatic carbocycles. The highest BCUT2D eigenvalue weighted by molar-refractivity contribution is 5.86. The molecule has 3 atom stereocenters. The first-order valence-electron chi connectivity index (χ1n) is 14.8. The second-order valence-corrected chi connectivity index (χ2v) is 11.4. The molecular weight excluding hydrogens is 555 g/mol. The Morgan fingerprint density at radius 1 is 1.26 bits per heavy atom. The van der Waals surface area contributed by atoms with Crippen molar-refractivity contribution in [3.05, 3.63) is 30.1 Å². The number of hydrogen-bond donors (Lipinski definition) is 0. The summed E-state index contributed by atoms with van der Waals surface area (Å²) in [7, 11) is 1.24. The lowest BCUT2D eigenvalue weighted by molar-refractivity contribution is -0.152. The highest BCUT2D eigenvalue weighted by atomic mass is 19.4. The molecule has 1 aromatic heterocycles. The van der Waals surface area contributed by atoms with Crippen molar-refractivity contribution in [2.75, 3.05) is 53.1 Å². The van der Waals surface area contributed by atoms with Crippen molar-refractivity contribution in [1.82, 2.24) is 14.8 Å². The Morgan fingerprint density at radius 3 is 2.71 bits per heavy atom. The number of nitrogens with zero attached hydrogens (tertiary/aromatic N) is 3. The van der Waals surface area contributed by atoms with Gasteiger partial charge < -0.3 is 23.8 Å². The van der Waals surface area contributed by atoms with Crippen LogP contribution in [-0.2, 0) is 31.7 Å². The number of ether oxygens (including phenoxy) is 4. The molecule has 3 aliphatic rings. The highest BCUT2D eigenvalue weighted by Gasteiger charge is 2.54. The number of hydrogen-bond acceptors (Lipinski definition) is 8. The number of carbonyl (C=O) groups is 2. The van der Waals surface area contributed by atoms with Gasteiger partial charge in [-0.05, 0) is 32.1 Å². The van der Waals surface area contributed by atoms with Crippen LogP contribution in [-0.4, -0.2) is 91.4 Å². The van der Waals surface area contributed by atoms with Gasteiger partial charge in [0.25, 0.3) is 0 Å². The molecule has 0 aliphatic carbocycles. The summed E-state index contributed by atoms with van der Waals surface area (Å²) in [6.07, 6.45) is 3.14. The molecule has 0 N–H and O–H groups in total. The van der Waals surface area contributed by atoms with Crippen molar-refractivity contribution in [3.8, 4) is 11.5 Å². The molecule has 1 aromatic rings. The van der Waals surface area contributed by atoms with Gasteiger partial charge in [0.1, 0.15) is 24.0 Å². The number of amides is 1. The first-order chi connectivity index (χ1) is 20.1. The van der Waals surface area contributed by atoms with Crippen LogP contribution in [0.3, 0.4) is 0 Å². The van der Waals surface area contributed by atoms with Crippen LogP contribution in [0.5, 0.6) is 11.5 Å². The summed E-state index contributed by atoms with van der Waals surface area (Å²) in [6.45, 7) is 9.22. The third-order valence-electron chi connectivity index (χ3n) is 8.41. The summed E-state index contributed by atoms with van der Waals surface area (Å²) >= 11 is 0. The van der Waals surface area contributed by atoms with Gasteiger partial charge in [-0.2, -0.15) is 13.2 Å². The van der Waals surface area contributed by atoms with Crippen LogP contribution in [0.4, 0.5) is 13.2 Å². The topological polar surface area (TPSA) is 90.4 Å². The number of carbonyl (C=O) groups excluding carboxylic acids is 2. The zero-order valence-corrected chi connectivity index (χ0v) is 24.5. The van der Waals surface area contributed by atoms with E-state index in [1.165, 1.54) is 12.0 Å². The number of pyridine rings is 1. The van der Waals surface area contributed by atoms with Crippen LogP contribution in [0.2, 0.25) is 0 Å². The highest BCUT2D eigenvalue weighted by Crippen LogP contribution is 2.48. The molecule has 12 heteroatoms. The second-order valence-electron chi connectivity index (χ2n) is 11.4. The Hall–Kier alpha value is -2.86. The van der Waals surface area contributed by atoms with Gasteiger partial charge in [0, 0.05) is 37.5 Å². The van der Waals surface area contributed by atoms with Crippen molar-refractivity contribution in [2.45, 2.75) is 76.1 Å². The summed E-state index contributed by atoms with van der Waals surface area (Å²) in [5.74, 6) is -1.32. The van der Waals surface area contributed by atoms with Gasteiger partial charge in [-0.1, -0.05) is 25.8 Å². The smallest absolute Gasteiger partial charge is 0.437 e. The summed E-state index contributed by atoms with van der Waals surface area (Å²) in [6, 6.07) is -0.942. The summed E-state index contributed by atoms with van der Waals surface area (Å²) in [4.78, 5) is 33.6. The number of allylic oxidation sites excluding steroid dienone is 1. The van der Waals surface area contributed by atoms with Crippen LogP contribution in [0, 0.1) is 5.92 Å². The number of aromatic nitrogens is 1. The zero-order valence-electron chi connectivity index (χ0n) is 24.5. The molecule has 234 valence electrons. The number of likely N-dealkylation sites (tertiary alicyclic amines) is 1. The van der Waals surface area contributed by atoms with E-state index in [1.807, 2.05) is 13.0 Å². The lowest BCUT2D eigenvalue weighted by Gasteiger charge is -2.37. The third-order valence-corrected chi connectivity index (χ3v) is 8.41. The van der Waals surface area contributed by atoms with E-state index in [-0.39, 0.29) is 49.3 Å². The maximum Gasteiger partial charge on any atom is 0.437 e. The number of fused-ring (bicyclic) bond motifs is 1. The Balaban J connectivity index is 1.52. The Morgan fingerprint density at radius 2 is 2.02 bits per heavy atom. The maximum atomic E-state index is 14.1. The fraction of sp³-hybridized carbons (Fsp3) is 0.700. The molecule has 2 saturated heterocycles. The monoisotopic (exact) mass is 597 g/mol. The molecule has 4 rings (SSSR count). The molecule has 2 fully saturated rings. The van der Waals surface area contributed by atoms with Crippen LogP contribution in [0.25, 0.3) is 0 Å². The van der Waals surface area contributed by atoms with E-state index in [0.717, 1.165) is 45.0 Å². The van der Waals surface area contributed by atoms with Crippen molar-refractivity contribution in [2.24, 2.45) is 5.92 Å². The van der Waals surface area contributed by atoms with Gasteiger partial charge >= 0.3 is 12.1 Å². The van der Waals surface area contributed by atoms with Crippen LogP contribution < -0.4 is 9.47 Å². The average Bonchev–Trinajstić information content (AvgIpc) is 3.34.